The maximum atomic E-state index is 12.2. The number of amides is 1. The highest BCUT2D eigenvalue weighted by Crippen LogP contribution is 2.35. The first kappa shape index (κ1) is 13.0. The van der Waals surface area contributed by atoms with Gasteiger partial charge >= 0.3 is 0 Å². The van der Waals surface area contributed by atoms with E-state index in [0.717, 1.165) is 31.2 Å². The van der Waals surface area contributed by atoms with Crippen LogP contribution in [-0.2, 0) is 4.79 Å². The molecule has 1 N–H and O–H groups in total. The summed E-state index contributed by atoms with van der Waals surface area (Å²) in [7, 11) is 3.18. The zero-order chi connectivity index (χ0) is 14.2. The summed E-state index contributed by atoms with van der Waals surface area (Å²) in [5, 5.41) is 3.03. The number of aliphatic imine (C=N–C) groups is 1. The van der Waals surface area contributed by atoms with E-state index >= 15 is 0 Å². The molecule has 1 amide bonds. The van der Waals surface area contributed by atoms with Gasteiger partial charge in [-0.2, -0.15) is 0 Å². The third-order valence-electron chi connectivity index (χ3n) is 3.94. The second-order valence-electron chi connectivity index (χ2n) is 5.25. The summed E-state index contributed by atoms with van der Waals surface area (Å²) in [4.78, 5) is 16.9. The number of nitrogens with zero attached hydrogens (tertiary/aromatic N) is 1. The Labute approximate surface area is 118 Å². The van der Waals surface area contributed by atoms with Gasteiger partial charge in [0.15, 0.2) is 0 Å². The van der Waals surface area contributed by atoms with E-state index in [1.807, 2.05) is 12.1 Å². The van der Waals surface area contributed by atoms with Crippen LogP contribution in [0.1, 0.15) is 31.2 Å². The smallest absolute Gasteiger partial charge is 0.272 e. The largest absolute Gasteiger partial charge is 0.497 e. The summed E-state index contributed by atoms with van der Waals surface area (Å²) in [6.07, 6.45) is 4.06. The molecule has 5 heteroatoms. The van der Waals surface area contributed by atoms with E-state index in [1.54, 1.807) is 20.3 Å². The Kier molecular flexibility index (Phi) is 3.12. The Bertz CT molecular complexity index is 552. The normalized spacial score (nSPS) is 19.9. The molecule has 1 aliphatic carbocycles. The molecule has 1 aromatic carbocycles. The van der Waals surface area contributed by atoms with Crippen molar-refractivity contribution in [2.75, 3.05) is 14.2 Å². The van der Waals surface area contributed by atoms with Crippen molar-refractivity contribution in [1.29, 1.82) is 0 Å². The molecule has 0 unspecified atom stereocenters. The number of hydrogen-bond acceptors (Lipinski definition) is 4. The highest BCUT2D eigenvalue weighted by atomic mass is 16.5. The van der Waals surface area contributed by atoms with Crippen molar-refractivity contribution < 1.29 is 14.3 Å². The average molecular weight is 274 g/mol. The first-order valence-corrected chi connectivity index (χ1v) is 6.82. The van der Waals surface area contributed by atoms with Gasteiger partial charge in [0.2, 0.25) is 0 Å². The molecule has 0 radical (unpaired) electrons. The Morgan fingerprint density at radius 1 is 1.10 bits per heavy atom. The fraction of sp³-hybridized carbons (Fsp3) is 0.467. The zero-order valence-electron chi connectivity index (χ0n) is 11.7. The summed E-state index contributed by atoms with van der Waals surface area (Å²) in [6.45, 7) is 0. The van der Waals surface area contributed by atoms with Gasteiger partial charge in [-0.25, -0.2) is 0 Å². The van der Waals surface area contributed by atoms with Crippen molar-refractivity contribution >= 4 is 11.6 Å². The van der Waals surface area contributed by atoms with Crippen LogP contribution in [0.3, 0.4) is 0 Å². The lowest BCUT2D eigenvalue weighted by Gasteiger charge is -2.18. The summed E-state index contributed by atoms with van der Waals surface area (Å²) < 4.78 is 10.5. The number of nitrogens with one attached hydrogen (secondary N) is 1. The van der Waals surface area contributed by atoms with E-state index < -0.39 is 0 Å². The highest BCUT2D eigenvalue weighted by Gasteiger charge is 2.41. The molecule has 1 aliphatic heterocycles. The molecule has 2 aliphatic rings. The minimum Gasteiger partial charge on any atom is -0.497 e. The molecule has 0 atom stereocenters. The van der Waals surface area contributed by atoms with Crippen LogP contribution in [0.25, 0.3) is 0 Å². The van der Waals surface area contributed by atoms with Crippen LogP contribution in [0.4, 0.5) is 0 Å². The third kappa shape index (κ3) is 2.13. The molecule has 1 fully saturated rings. The first-order valence-electron chi connectivity index (χ1n) is 6.82. The standard InChI is InChI=1S/C15H18N2O3/c1-19-11-7-10(8-12(9-11)20-2)13-14(18)17-15(16-13)5-3-4-6-15/h7-9H,3-6H2,1-2H3,(H,17,18). The van der Waals surface area contributed by atoms with E-state index in [4.69, 9.17) is 9.47 Å². The minimum absolute atomic E-state index is 0.109. The maximum absolute atomic E-state index is 12.2. The van der Waals surface area contributed by atoms with Crippen molar-refractivity contribution in [2.45, 2.75) is 31.3 Å². The second-order valence-corrected chi connectivity index (χ2v) is 5.25. The summed E-state index contributed by atoms with van der Waals surface area (Å²) in [6, 6.07) is 5.41. The summed E-state index contributed by atoms with van der Waals surface area (Å²) >= 11 is 0. The van der Waals surface area contributed by atoms with E-state index in [0.29, 0.717) is 17.2 Å². The Morgan fingerprint density at radius 3 is 2.25 bits per heavy atom. The molecule has 1 heterocycles. The third-order valence-corrected chi connectivity index (χ3v) is 3.94. The number of hydrogen-bond donors (Lipinski definition) is 1. The first-order chi connectivity index (χ1) is 9.65. The quantitative estimate of drug-likeness (QED) is 0.915. The van der Waals surface area contributed by atoms with E-state index in [2.05, 4.69) is 10.3 Å². The van der Waals surface area contributed by atoms with Crippen molar-refractivity contribution in [3.05, 3.63) is 23.8 Å². The van der Waals surface area contributed by atoms with Crippen LogP contribution in [0.5, 0.6) is 11.5 Å². The number of benzene rings is 1. The lowest BCUT2D eigenvalue weighted by atomic mass is 10.1. The number of methoxy groups -OCH3 is 2. The molecule has 5 nitrogen and oxygen atoms in total. The van der Waals surface area contributed by atoms with Crippen LogP contribution >= 0.6 is 0 Å². The van der Waals surface area contributed by atoms with Gasteiger partial charge in [-0.05, 0) is 37.8 Å². The van der Waals surface area contributed by atoms with Crippen molar-refractivity contribution in [3.8, 4) is 11.5 Å². The van der Waals surface area contributed by atoms with Gasteiger partial charge in [0.1, 0.15) is 22.9 Å². The van der Waals surface area contributed by atoms with Gasteiger partial charge in [0.25, 0.3) is 5.91 Å². The fourth-order valence-electron chi connectivity index (χ4n) is 2.90. The van der Waals surface area contributed by atoms with E-state index in [-0.39, 0.29) is 11.6 Å². The lowest BCUT2D eigenvalue weighted by molar-refractivity contribution is -0.115. The second kappa shape index (κ2) is 4.81. The monoisotopic (exact) mass is 274 g/mol. The van der Waals surface area contributed by atoms with Gasteiger partial charge in [0, 0.05) is 11.6 Å². The van der Waals surface area contributed by atoms with Gasteiger partial charge in [-0.1, -0.05) is 0 Å². The van der Waals surface area contributed by atoms with Crippen LogP contribution in [0.15, 0.2) is 23.2 Å². The molecule has 1 aromatic rings. The molecular weight excluding hydrogens is 256 g/mol. The van der Waals surface area contributed by atoms with Crippen molar-refractivity contribution in [2.24, 2.45) is 4.99 Å². The molecule has 106 valence electrons. The molecule has 1 spiro atoms. The molecule has 1 saturated carbocycles. The minimum atomic E-state index is -0.372. The fourth-order valence-corrected chi connectivity index (χ4v) is 2.90. The molecule has 0 bridgehead atoms. The highest BCUT2D eigenvalue weighted by molar-refractivity contribution is 6.47. The number of ether oxygens (including phenoxy) is 2. The number of carbonyl (C=O) groups is 1. The van der Waals surface area contributed by atoms with Crippen LogP contribution in [-0.4, -0.2) is 31.5 Å². The number of rotatable bonds is 3. The molecule has 0 saturated heterocycles. The van der Waals surface area contributed by atoms with Crippen LogP contribution < -0.4 is 14.8 Å². The Morgan fingerprint density at radius 2 is 1.70 bits per heavy atom. The summed E-state index contributed by atoms with van der Waals surface area (Å²) in [5.74, 6) is 1.20. The topological polar surface area (TPSA) is 59.9 Å². The van der Waals surface area contributed by atoms with Crippen molar-refractivity contribution in [1.82, 2.24) is 5.32 Å². The van der Waals surface area contributed by atoms with Gasteiger partial charge < -0.3 is 14.8 Å². The summed E-state index contributed by atoms with van der Waals surface area (Å²) in [5.41, 5.74) is 0.842. The van der Waals surface area contributed by atoms with Gasteiger partial charge in [-0.3, -0.25) is 9.79 Å². The predicted molar refractivity (Wildman–Crippen MR) is 75.4 cm³/mol. The van der Waals surface area contributed by atoms with Gasteiger partial charge in [-0.15, -0.1) is 0 Å². The van der Waals surface area contributed by atoms with E-state index in [9.17, 15) is 4.79 Å². The maximum Gasteiger partial charge on any atom is 0.272 e. The molecular formula is C15H18N2O3. The van der Waals surface area contributed by atoms with Crippen molar-refractivity contribution in [3.63, 3.8) is 0 Å². The predicted octanol–water partition coefficient (Wildman–Crippen LogP) is 1.89. The van der Waals surface area contributed by atoms with E-state index in [1.165, 1.54) is 0 Å². The van der Waals surface area contributed by atoms with Gasteiger partial charge in [0.05, 0.1) is 14.2 Å². The van der Waals surface area contributed by atoms with Crippen LogP contribution in [0, 0.1) is 0 Å². The van der Waals surface area contributed by atoms with Crippen LogP contribution in [0.2, 0.25) is 0 Å². The SMILES string of the molecule is COc1cc(OC)cc(C2=NC3(CCCC3)NC2=O)c1. The average Bonchev–Trinajstić information content (AvgIpc) is 3.05. The molecule has 20 heavy (non-hydrogen) atoms. The molecule has 3 rings (SSSR count). The zero-order valence-corrected chi connectivity index (χ0v) is 11.7. The lowest BCUT2D eigenvalue weighted by Crippen LogP contribution is -2.39. The number of carbonyl (C=O) groups excluding carboxylic acids is 1. The Balaban J connectivity index is 2.01. The Hall–Kier alpha value is -2.04. The molecule has 0 aromatic heterocycles.